The second-order valence-electron chi connectivity index (χ2n) is 6.12. The first-order valence-corrected chi connectivity index (χ1v) is 7.98. The summed E-state index contributed by atoms with van der Waals surface area (Å²) in [6.45, 7) is 0. The highest BCUT2D eigenvalue weighted by Crippen LogP contribution is 2.31. The molecule has 0 amide bonds. The lowest BCUT2D eigenvalue weighted by Crippen LogP contribution is -2.29. The van der Waals surface area contributed by atoms with Gasteiger partial charge < -0.3 is 10.4 Å². The molecule has 4 nitrogen and oxygen atoms in total. The summed E-state index contributed by atoms with van der Waals surface area (Å²) in [5, 5.41) is 12.5. The first kappa shape index (κ1) is 17.6. The van der Waals surface area contributed by atoms with Crippen molar-refractivity contribution < 1.29 is 22.7 Å². The Bertz CT molecular complexity index is 726. The minimum atomic E-state index is -4.69. The molecular formula is C17H17F4N3O. The van der Waals surface area contributed by atoms with Crippen LogP contribution < -0.4 is 5.32 Å². The lowest BCUT2D eigenvalue weighted by molar-refractivity contribution is -0.144. The molecule has 1 aromatic carbocycles. The Hall–Kier alpha value is -2.22. The van der Waals surface area contributed by atoms with E-state index in [0.29, 0.717) is 31.2 Å². The van der Waals surface area contributed by atoms with Gasteiger partial charge >= 0.3 is 6.18 Å². The molecule has 3 rings (SSSR count). The molecule has 1 fully saturated rings. The van der Waals surface area contributed by atoms with Crippen molar-refractivity contribution in [2.45, 2.75) is 44.0 Å². The number of benzene rings is 1. The molecule has 0 radical (unpaired) electrons. The Morgan fingerprint density at radius 3 is 2.24 bits per heavy atom. The SMILES string of the molecule is OC1CCC(Nc2cc(-c3ccc(F)cc3)nc(C(F)(F)F)n2)CC1. The molecule has 0 saturated heterocycles. The van der Waals surface area contributed by atoms with E-state index in [9.17, 15) is 22.7 Å². The molecule has 1 aliphatic rings. The van der Waals surface area contributed by atoms with E-state index >= 15 is 0 Å². The van der Waals surface area contributed by atoms with E-state index in [4.69, 9.17) is 0 Å². The van der Waals surface area contributed by atoms with Gasteiger partial charge in [-0.15, -0.1) is 0 Å². The third-order valence-electron chi connectivity index (χ3n) is 4.17. The summed E-state index contributed by atoms with van der Waals surface area (Å²) in [4.78, 5) is 7.15. The van der Waals surface area contributed by atoms with Crippen molar-refractivity contribution in [2.75, 3.05) is 5.32 Å². The quantitative estimate of drug-likeness (QED) is 0.817. The fourth-order valence-corrected chi connectivity index (χ4v) is 2.85. The van der Waals surface area contributed by atoms with Gasteiger partial charge in [0.1, 0.15) is 11.6 Å². The van der Waals surface area contributed by atoms with Crippen molar-refractivity contribution in [1.82, 2.24) is 9.97 Å². The average molecular weight is 355 g/mol. The summed E-state index contributed by atoms with van der Waals surface area (Å²) in [6.07, 6.45) is -2.55. The summed E-state index contributed by atoms with van der Waals surface area (Å²) in [5.74, 6) is -1.65. The summed E-state index contributed by atoms with van der Waals surface area (Å²) < 4.78 is 52.4. The standard InChI is InChI=1S/C17H17F4N3O/c18-11-3-1-10(2-4-11)14-9-15(24-16(23-14)17(19,20)21)22-12-5-7-13(25)8-6-12/h1-4,9,12-13,25H,5-8H2,(H,22,23,24). The van der Waals surface area contributed by atoms with Crippen LogP contribution in [0.3, 0.4) is 0 Å². The lowest BCUT2D eigenvalue weighted by Gasteiger charge is -2.26. The van der Waals surface area contributed by atoms with Gasteiger partial charge in [-0.05, 0) is 49.9 Å². The maximum atomic E-state index is 13.1. The van der Waals surface area contributed by atoms with Crippen molar-refractivity contribution in [3.05, 3.63) is 42.0 Å². The minimum Gasteiger partial charge on any atom is -0.393 e. The Labute approximate surface area is 141 Å². The van der Waals surface area contributed by atoms with E-state index in [1.165, 1.54) is 30.3 Å². The summed E-state index contributed by atoms with van der Waals surface area (Å²) in [5.41, 5.74) is 0.442. The van der Waals surface area contributed by atoms with Gasteiger partial charge in [0.05, 0.1) is 11.8 Å². The Morgan fingerprint density at radius 2 is 1.64 bits per heavy atom. The van der Waals surface area contributed by atoms with Crippen LogP contribution in [0.15, 0.2) is 30.3 Å². The van der Waals surface area contributed by atoms with E-state index in [0.717, 1.165) is 0 Å². The number of nitrogens with zero attached hydrogens (tertiary/aromatic N) is 2. The third kappa shape index (κ3) is 4.45. The first-order chi connectivity index (χ1) is 11.8. The molecule has 0 aliphatic heterocycles. The predicted molar refractivity (Wildman–Crippen MR) is 84.3 cm³/mol. The molecule has 0 spiro atoms. The maximum absolute atomic E-state index is 13.1. The smallest absolute Gasteiger partial charge is 0.393 e. The van der Waals surface area contributed by atoms with Crippen LogP contribution in [0.5, 0.6) is 0 Å². The van der Waals surface area contributed by atoms with Crippen LogP contribution in [0.2, 0.25) is 0 Å². The highest BCUT2D eigenvalue weighted by atomic mass is 19.4. The topological polar surface area (TPSA) is 58.0 Å². The summed E-state index contributed by atoms with van der Waals surface area (Å²) in [7, 11) is 0. The number of aromatic nitrogens is 2. The molecule has 0 bridgehead atoms. The molecular weight excluding hydrogens is 338 g/mol. The fraction of sp³-hybridized carbons (Fsp3) is 0.412. The van der Waals surface area contributed by atoms with E-state index < -0.39 is 17.8 Å². The third-order valence-corrected chi connectivity index (χ3v) is 4.17. The normalized spacial score (nSPS) is 21.2. The Balaban J connectivity index is 1.91. The average Bonchev–Trinajstić information content (AvgIpc) is 2.56. The zero-order valence-corrected chi connectivity index (χ0v) is 13.2. The van der Waals surface area contributed by atoms with Crippen LogP contribution >= 0.6 is 0 Å². The van der Waals surface area contributed by atoms with Gasteiger partial charge in [-0.2, -0.15) is 13.2 Å². The van der Waals surface area contributed by atoms with Gasteiger partial charge in [-0.25, -0.2) is 14.4 Å². The molecule has 8 heteroatoms. The molecule has 1 saturated carbocycles. The van der Waals surface area contributed by atoms with E-state index in [-0.39, 0.29) is 23.7 Å². The highest BCUT2D eigenvalue weighted by Gasteiger charge is 2.35. The van der Waals surface area contributed by atoms with Gasteiger partial charge in [0.2, 0.25) is 5.82 Å². The molecule has 0 unspecified atom stereocenters. The number of hydrogen-bond acceptors (Lipinski definition) is 4. The number of aliphatic hydroxyl groups is 1. The largest absolute Gasteiger partial charge is 0.451 e. The highest BCUT2D eigenvalue weighted by molar-refractivity contribution is 5.62. The number of aliphatic hydroxyl groups excluding tert-OH is 1. The van der Waals surface area contributed by atoms with Crippen molar-refractivity contribution in [3.8, 4) is 11.3 Å². The Kier molecular flexibility index (Phi) is 4.89. The van der Waals surface area contributed by atoms with E-state index in [1.807, 2.05) is 0 Å². The van der Waals surface area contributed by atoms with Crippen LogP contribution in [0.1, 0.15) is 31.5 Å². The zero-order chi connectivity index (χ0) is 18.0. The molecule has 25 heavy (non-hydrogen) atoms. The van der Waals surface area contributed by atoms with Gasteiger partial charge in [0, 0.05) is 17.7 Å². The summed E-state index contributed by atoms with van der Waals surface area (Å²) >= 11 is 0. The van der Waals surface area contributed by atoms with Crippen molar-refractivity contribution in [1.29, 1.82) is 0 Å². The lowest BCUT2D eigenvalue weighted by atomic mass is 9.93. The second-order valence-corrected chi connectivity index (χ2v) is 6.12. The van der Waals surface area contributed by atoms with Crippen LogP contribution in [0.4, 0.5) is 23.4 Å². The molecule has 1 heterocycles. The van der Waals surface area contributed by atoms with E-state index in [2.05, 4.69) is 15.3 Å². The number of alkyl halides is 3. The molecule has 2 N–H and O–H groups in total. The fourth-order valence-electron chi connectivity index (χ4n) is 2.85. The zero-order valence-electron chi connectivity index (χ0n) is 13.2. The monoisotopic (exact) mass is 355 g/mol. The van der Waals surface area contributed by atoms with Crippen molar-refractivity contribution in [2.24, 2.45) is 0 Å². The number of anilines is 1. The molecule has 2 aromatic rings. The molecule has 1 aliphatic carbocycles. The minimum absolute atomic E-state index is 0.0551. The van der Waals surface area contributed by atoms with Crippen molar-refractivity contribution in [3.63, 3.8) is 0 Å². The van der Waals surface area contributed by atoms with Crippen molar-refractivity contribution >= 4 is 5.82 Å². The number of hydrogen-bond donors (Lipinski definition) is 2. The van der Waals surface area contributed by atoms with Gasteiger partial charge in [-0.3, -0.25) is 0 Å². The molecule has 134 valence electrons. The van der Waals surface area contributed by atoms with Gasteiger partial charge in [0.15, 0.2) is 0 Å². The first-order valence-electron chi connectivity index (χ1n) is 7.98. The Morgan fingerprint density at radius 1 is 1.00 bits per heavy atom. The summed E-state index contributed by atoms with van der Waals surface area (Å²) in [6, 6.07) is 6.45. The van der Waals surface area contributed by atoms with Crippen LogP contribution in [0, 0.1) is 5.82 Å². The molecule has 0 atom stereocenters. The maximum Gasteiger partial charge on any atom is 0.451 e. The second kappa shape index (κ2) is 6.95. The van der Waals surface area contributed by atoms with Gasteiger partial charge in [-0.1, -0.05) is 0 Å². The van der Waals surface area contributed by atoms with Crippen LogP contribution in [-0.2, 0) is 6.18 Å². The van der Waals surface area contributed by atoms with Crippen LogP contribution in [0.25, 0.3) is 11.3 Å². The molecule has 1 aromatic heterocycles. The number of nitrogens with one attached hydrogen (secondary N) is 1. The van der Waals surface area contributed by atoms with E-state index in [1.54, 1.807) is 0 Å². The van der Waals surface area contributed by atoms with Crippen LogP contribution in [-0.4, -0.2) is 27.2 Å². The number of rotatable bonds is 3. The van der Waals surface area contributed by atoms with Gasteiger partial charge in [0.25, 0.3) is 0 Å². The predicted octanol–water partition coefficient (Wildman–Crippen LogP) is 4.02. The number of halogens is 4.